The molecular formula is C13H17NO4. The minimum absolute atomic E-state index is 0.0127. The maximum absolute atomic E-state index is 10.9. The summed E-state index contributed by atoms with van der Waals surface area (Å²) in [6.07, 6.45) is -0.0127. The van der Waals surface area contributed by atoms with Crippen LogP contribution in [0.4, 0.5) is 5.69 Å². The van der Waals surface area contributed by atoms with Crippen molar-refractivity contribution in [1.29, 1.82) is 0 Å². The monoisotopic (exact) mass is 251 g/mol. The van der Waals surface area contributed by atoms with Gasteiger partial charge >= 0.3 is 11.9 Å². The topological polar surface area (TPSA) is 77.8 Å². The summed E-state index contributed by atoms with van der Waals surface area (Å²) in [5.74, 6) is -2.32. The number of hydrogen-bond acceptors (Lipinski definition) is 3. The van der Waals surface area contributed by atoms with E-state index in [2.05, 4.69) is 0 Å². The van der Waals surface area contributed by atoms with Crippen molar-refractivity contribution in [2.45, 2.75) is 13.3 Å². The Hall–Kier alpha value is -2.04. The number of carbonyl (C=O) groups is 2. The summed E-state index contributed by atoms with van der Waals surface area (Å²) in [5.41, 5.74) is 0.840. The Kier molecular flexibility index (Phi) is 5.17. The van der Waals surface area contributed by atoms with Gasteiger partial charge in [0.25, 0.3) is 0 Å². The molecule has 0 radical (unpaired) electrons. The van der Waals surface area contributed by atoms with Crippen molar-refractivity contribution in [1.82, 2.24) is 0 Å². The Morgan fingerprint density at radius 3 is 2.33 bits per heavy atom. The lowest BCUT2D eigenvalue weighted by molar-refractivity contribution is -0.140. The Balaban J connectivity index is 2.75. The summed E-state index contributed by atoms with van der Waals surface area (Å²) in [7, 11) is 0. The molecule has 0 aliphatic rings. The van der Waals surface area contributed by atoms with Gasteiger partial charge in [0, 0.05) is 18.8 Å². The van der Waals surface area contributed by atoms with Crippen molar-refractivity contribution >= 4 is 17.6 Å². The van der Waals surface area contributed by atoms with E-state index in [1.165, 1.54) is 0 Å². The molecule has 5 nitrogen and oxygen atoms in total. The molecule has 0 spiro atoms. The van der Waals surface area contributed by atoms with Gasteiger partial charge < -0.3 is 15.1 Å². The predicted molar refractivity (Wildman–Crippen MR) is 67.7 cm³/mol. The van der Waals surface area contributed by atoms with Crippen molar-refractivity contribution in [3.8, 4) is 0 Å². The number of nitrogens with zero attached hydrogens (tertiary/aromatic N) is 1. The molecule has 0 amide bonds. The molecule has 2 N–H and O–H groups in total. The maximum Gasteiger partial charge on any atom is 0.308 e. The molecule has 1 atom stereocenters. The van der Waals surface area contributed by atoms with Crippen LogP contribution in [0, 0.1) is 5.92 Å². The third kappa shape index (κ3) is 4.45. The summed E-state index contributed by atoms with van der Waals surface area (Å²) < 4.78 is 0. The van der Waals surface area contributed by atoms with Crippen LogP contribution in [-0.4, -0.2) is 35.2 Å². The van der Waals surface area contributed by atoms with Gasteiger partial charge in [0.2, 0.25) is 0 Å². The zero-order valence-corrected chi connectivity index (χ0v) is 10.2. The number of carboxylic acids is 2. The number of aliphatic carboxylic acids is 2. The first-order chi connectivity index (χ1) is 8.50. The number of benzene rings is 1. The molecular weight excluding hydrogens is 234 g/mol. The fourth-order valence-electron chi connectivity index (χ4n) is 1.60. The second-order valence-electron chi connectivity index (χ2n) is 4.16. The summed E-state index contributed by atoms with van der Waals surface area (Å²) in [4.78, 5) is 23.3. The van der Waals surface area contributed by atoms with Crippen LogP contribution in [0.15, 0.2) is 30.3 Å². The zero-order valence-electron chi connectivity index (χ0n) is 10.2. The fourth-order valence-corrected chi connectivity index (χ4v) is 1.60. The molecule has 0 saturated heterocycles. The quantitative estimate of drug-likeness (QED) is 0.771. The third-order valence-electron chi connectivity index (χ3n) is 2.63. The van der Waals surface area contributed by atoms with E-state index >= 15 is 0 Å². The lowest BCUT2D eigenvalue weighted by Gasteiger charge is -2.26. The van der Waals surface area contributed by atoms with Crippen LogP contribution in [0.25, 0.3) is 0 Å². The van der Waals surface area contributed by atoms with Gasteiger partial charge in [0.15, 0.2) is 0 Å². The maximum atomic E-state index is 10.9. The van der Waals surface area contributed by atoms with E-state index < -0.39 is 17.9 Å². The average Bonchev–Trinajstić information content (AvgIpc) is 2.34. The highest BCUT2D eigenvalue weighted by Gasteiger charge is 2.17. The lowest BCUT2D eigenvalue weighted by Crippen LogP contribution is -2.33. The molecule has 1 rings (SSSR count). The van der Waals surface area contributed by atoms with Gasteiger partial charge in [-0.25, -0.2) is 0 Å². The molecule has 0 aromatic heterocycles. The summed E-state index contributed by atoms with van der Waals surface area (Å²) in [6, 6.07) is 9.23. The molecule has 18 heavy (non-hydrogen) atoms. The molecule has 98 valence electrons. The van der Waals surface area contributed by atoms with Crippen LogP contribution in [0.3, 0.4) is 0 Å². The molecule has 0 aliphatic heterocycles. The van der Waals surface area contributed by atoms with E-state index in [0.29, 0.717) is 13.1 Å². The van der Waals surface area contributed by atoms with E-state index in [1.54, 1.807) is 11.8 Å². The predicted octanol–water partition coefficient (Wildman–Crippen LogP) is 1.69. The zero-order chi connectivity index (χ0) is 13.5. The highest BCUT2D eigenvalue weighted by molar-refractivity contribution is 5.71. The Morgan fingerprint density at radius 1 is 1.22 bits per heavy atom. The van der Waals surface area contributed by atoms with E-state index in [1.807, 2.05) is 30.3 Å². The molecule has 0 bridgehead atoms. The van der Waals surface area contributed by atoms with Gasteiger partial charge in [-0.3, -0.25) is 9.59 Å². The van der Waals surface area contributed by atoms with E-state index in [0.717, 1.165) is 5.69 Å². The largest absolute Gasteiger partial charge is 0.481 e. The molecule has 0 aliphatic carbocycles. The Labute approximate surface area is 106 Å². The normalized spacial score (nSPS) is 11.8. The fraction of sp³-hybridized carbons (Fsp3) is 0.385. The molecule has 5 heteroatoms. The molecule has 0 fully saturated rings. The highest BCUT2D eigenvalue weighted by atomic mass is 16.4. The van der Waals surface area contributed by atoms with Crippen LogP contribution in [0.1, 0.15) is 13.3 Å². The summed E-state index contributed by atoms with van der Waals surface area (Å²) in [5, 5.41) is 17.6. The Bertz CT molecular complexity index is 405. The van der Waals surface area contributed by atoms with Gasteiger partial charge in [0.05, 0.1) is 12.3 Å². The smallest absolute Gasteiger partial charge is 0.308 e. The van der Waals surface area contributed by atoms with Gasteiger partial charge in [-0.2, -0.15) is 0 Å². The number of anilines is 1. The van der Waals surface area contributed by atoms with Crippen molar-refractivity contribution < 1.29 is 19.8 Å². The first kappa shape index (κ1) is 14.0. The van der Waals surface area contributed by atoms with Crippen LogP contribution in [0.5, 0.6) is 0 Å². The van der Waals surface area contributed by atoms with Gasteiger partial charge in [0.1, 0.15) is 0 Å². The number of para-hydroxylation sites is 1. The standard InChI is InChI=1S/C13H17NO4/c1-10(13(17)18)9-14(8-7-12(15)16)11-5-3-2-4-6-11/h2-6,10H,7-9H2,1H3,(H,15,16)(H,17,18). The first-order valence-corrected chi connectivity index (χ1v) is 5.75. The van der Waals surface area contributed by atoms with Crippen LogP contribution < -0.4 is 4.90 Å². The van der Waals surface area contributed by atoms with E-state index in [-0.39, 0.29) is 6.42 Å². The van der Waals surface area contributed by atoms with E-state index in [9.17, 15) is 9.59 Å². The summed E-state index contributed by atoms with van der Waals surface area (Å²) in [6.45, 7) is 2.21. The van der Waals surface area contributed by atoms with Crippen LogP contribution in [-0.2, 0) is 9.59 Å². The van der Waals surface area contributed by atoms with Crippen molar-refractivity contribution in [3.63, 3.8) is 0 Å². The average molecular weight is 251 g/mol. The minimum Gasteiger partial charge on any atom is -0.481 e. The lowest BCUT2D eigenvalue weighted by atomic mass is 10.1. The molecule has 0 heterocycles. The summed E-state index contributed by atoms with van der Waals surface area (Å²) >= 11 is 0. The number of rotatable bonds is 7. The van der Waals surface area contributed by atoms with Crippen molar-refractivity contribution in [2.24, 2.45) is 5.92 Å². The minimum atomic E-state index is -0.890. The number of hydrogen-bond donors (Lipinski definition) is 2. The Morgan fingerprint density at radius 2 is 1.83 bits per heavy atom. The van der Waals surface area contributed by atoms with E-state index in [4.69, 9.17) is 10.2 Å². The molecule has 1 aromatic carbocycles. The van der Waals surface area contributed by atoms with Crippen LogP contribution in [0.2, 0.25) is 0 Å². The molecule has 1 unspecified atom stereocenters. The number of carboxylic acid groups (broad SMARTS) is 2. The van der Waals surface area contributed by atoms with Crippen molar-refractivity contribution in [3.05, 3.63) is 30.3 Å². The first-order valence-electron chi connectivity index (χ1n) is 5.75. The molecule has 0 saturated carbocycles. The SMILES string of the molecule is CC(CN(CCC(=O)O)c1ccccc1)C(=O)O. The second kappa shape index (κ2) is 6.64. The third-order valence-corrected chi connectivity index (χ3v) is 2.63. The van der Waals surface area contributed by atoms with Gasteiger partial charge in [-0.15, -0.1) is 0 Å². The van der Waals surface area contributed by atoms with Gasteiger partial charge in [-0.1, -0.05) is 25.1 Å². The second-order valence-corrected chi connectivity index (χ2v) is 4.16. The van der Waals surface area contributed by atoms with Crippen LogP contribution >= 0.6 is 0 Å². The van der Waals surface area contributed by atoms with Gasteiger partial charge in [-0.05, 0) is 12.1 Å². The molecule has 1 aromatic rings. The highest BCUT2D eigenvalue weighted by Crippen LogP contribution is 2.15. The van der Waals surface area contributed by atoms with Crippen molar-refractivity contribution in [2.75, 3.05) is 18.0 Å².